The van der Waals surface area contributed by atoms with Crippen LogP contribution in [-0.2, 0) is 38.7 Å². The van der Waals surface area contributed by atoms with Crippen LogP contribution in [0.4, 0.5) is 4.79 Å². The van der Waals surface area contributed by atoms with Gasteiger partial charge < -0.3 is 41.5 Å². The first kappa shape index (κ1) is 42.0. The van der Waals surface area contributed by atoms with Gasteiger partial charge in [-0.3, -0.25) is 14.4 Å². The van der Waals surface area contributed by atoms with Crippen LogP contribution in [0.2, 0.25) is 0 Å². The van der Waals surface area contributed by atoms with Gasteiger partial charge in [0.05, 0.1) is 18.2 Å². The van der Waals surface area contributed by atoms with Crippen molar-refractivity contribution in [2.45, 2.75) is 115 Å². The van der Waals surface area contributed by atoms with E-state index in [1.54, 1.807) is 13.8 Å². The van der Waals surface area contributed by atoms with E-state index in [9.17, 15) is 29.4 Å². The van der Waals surface area contributed by atoms with Crippen molar-refractivity contribution >= 4 is 23.8 Å². The van der Waals surface area contributed by atoms with Crippen molar-refractivity contribution < 1.29 is 34.1 Å². The molecule has 0 aliphatic heterocycles. The number of alkyl carbamates (subject to hydrolysis) is 1. The number of rotatable bonds is 18. The molecule has 292 valence electrons. The van der Waals surface area contributed by atoms with Crippen LogP contribution >= 0.6 is 0 Å². The Bertz CT molecular complexity index is 1600. The summed E-state index contributed by atoms with van der Waals surface area (Å²) in [5, 5.41) is 37.1. The molecule has 3 aromatic carbocycles. The summed E-state index contributed by atoms with van der Waals surface area (Å²) in [6, 6.07) is 23.5. The molecule has 5 atom stereocenters. The van der Waals surface area contributed by atoms with Crippen LogP contribution in [0.1, 0.15) is 70.1 Å². The van der Waals surface area contributed by atoms with Gasteiger partial charge in [-0.1, -0.05) is 119 Å². The van der Waals surface area contributed by atoms with E-state index < -0.39 is 54.3 Å². The van der Waals surface area contributed by atoms with Gasteiger partial charge in [0.1, 0.15) is 24.7 Å². The molecule has 7 N–H and O–H groups in total. The number of amides is 4. The Balaban J connectivity index is 1.56. The van der Waals surface area contributed by atoms with Gasteiger partial charge in [-0.2, -0.15) is 0 Å². The fraction of sp³-hybridized carbons (Fsp3) is 0.476. The molecule has 1 fully saturated rings. The number of hydrogen-bond donors (Lipinski definition) is 7. The van der Waals surface area contributed by atoms with Gasteiger partial charge in [0.15, 0.2) is 0 Å². The van der Waals surface area contributed by atoms with Crippen LogP contribution in [0, 0.1) is 11.8 Å². The standard InChI is InChI=1S/C42H57N5O7/c1-27(2)35(39(50)43-25-30-16-10-6-11-17-30)46-41(52)37(44-32-20-22-33(48)23-21-32)38(49)34(24-29-14-8-5-9-15-29)45-40(51)36(28(3)4)47-42(53)54-26-31-18-12-7-13-19-31/h5-19,27-28,32-38,44,48-49H,20-26H2,1-4H3,(H,43,50)(H,45,51)(H,46,52)(H,47,53)/t32?,33?,34-,35-,36-,37+,38+/m0/s1. The maximum Gasteiger partial charge on any atom is 0.408 e. The van der Waals surface area contributed by atoms with Gasteiger partial charge in [-0.15, -0.1) is 0 Å². The highest BCUT2D eigenvalue weighted by molar-refractivity contribution is 5.90. The number of benzene rings is 3. The average Bonchev–Trinajstić information content (AvgIpc) is 3.17. The molecule has 54 heavy (non-hydrogen) atoms. The Morgan fingerprint density at radius 1 is 0.648 bits per heavy atom. The van der Waals surface area contributed by atoms with Crippen molar-refractivity contribution in [3.05, 3.63) is 108 Å². The molecule has 1 aliphatic carbocycles. The molecular formula is C42H57N5O7. The molecule has 12 nitrogen and oxygen atoms in total. The molecule has 12 heteroatoms. The summed E-state index contributed by atoms with van der Waals surface area (Å²) in [5.41, 5.74) is 2.51. The van der Waals surface area contributed by atoms with Gasteiger partial charge in [0.2, 0.25) is 17.7 Å². The van der Waals surface area contributed by atoms with Gasteiger partial charge in [-0.25, -0.2) is 4.79 Å². The maximum atomic E-state index is 14.3. The highest BCUT2D eigenvalue weighted by Gasteiger charge is 2.39. The third-order valence-electron chi connectivity index (χ3n) is 9.77. The van der Waals surface area contributed by atoms with E-state index in [1.807, 2.05) is 105 Å². The first-order valence-corrected chi connectivity index (χ1v) is 19.0. The van der Waals surface area contributed by atoms with E-state index >= 15 is 0 Å². The Kier molecular flexibility index (Phi) is 16.5. The third-order valence-corrected chi connectivity index (χ3v) is 9.77. The number of carbonyl (C=O) groups excluding carboxylic acids is 4. The second-order valence-electron chi connectivity index (χ2n) is 14.8. The number of carbonyl (C=O) groups is 4. The Morgan fingerprint density at radius 2 is 1.15 bits per heavy atom. The second kappa shape index (κ2) is 21.2. The molecule has 0 radical (unpaired) electrons. The molecular weight excluding hydrogens is 686 g/mol. The lowest BCUT2D eigenvalue weighted by atomic mass is 9.90. The van der Waals surface area contributed by atoms with Crippen molar-refractivity contribution in [2.24, 2.45) is 11.8 Å². The molecule has 3 aromatic rings. The predicted molar refractivity (Wildman–Crippen MR) is 207 cm³/mol. The van der Waals surface area contributed by atoms with Crippen molar-refractivity contribution in [2.75, 3.05) is 0 Å². The third kappa shape index (κ3) is 13.3. The number of aliphatic hydroxyl groups excluding tert-OH is 2. The summed E-state index contributed by atoms with van der Waals surface area (Å²) in [6.07, 6.45) is -0.307. The second-order valence-corrected chi connectivity index (χ2v) is 14.8. The Labute approximate surface area is 318 Å². The van der Waals surface area contributed by atoms with Crippen LogP contribution in [0.3, 0.4) is 0 Å². The lowest BCUT2D eigenvalue weighted by molar-refractivity contribution is -0.134. The fourth-order valence-corrected chi connectivity index (χ4v) is 6.56. The molecule has 0 unspecified atom stereocenters. The van der Waals surface area contributed by atoms with Gasteiger partial charge in [0, 0.05) is 12.6 Å². The topological polar surface area (TPSA) is 178 Å². The quantitative estimate of drug-likeness (QED) is 0.103. The van der Waals surface area contributed by atoms with Gasteiger partial charge in [0.25, 0.3) is 0 Å². The fourth-order valence-electron chi connectivity index (χ4n) is 6.56. The zero-order valence-electron chi connectivity index (χ0n) is 31.7. The van der Waals surface area contributed by atoms with E-state index in [2.05, 4.69) is 26.6 Å². The molecule has 1 aliphatic rings. The first-order chi connectivity index (χ1) is 25.9. The summed E-state index contributed by atoms with van der Waals surface area (Å²) in [6.45, 7) is 7.54. The zero-order chi connectivity index (χ0) is 39.0. The minimum Gasteiger partial charge on any atom is -0.445 e. The van der Waals surface area contributed by atoms with Crippen molar-refractivity contribution in [1.29, 1.82) is 0 Å². The van der Waals surface area contributed by atoms with Crippen LogP contribution in [-0.4, -0.2) is 76.4 Å². The normalized spacial score (nSPS) is 18.4. The Hall–Kier alpha value is -4.78. The van der Waals surface area contributed by atoms with E-state index in [4.69, 9.17) is 4.74 Å². The van der Waals surface area contributed by atoms with Crippen molar-refractivity contribution in [3.63, 3.8) is 0 Å². The molecule has 0 heterocycles. The van der Waals surface area contributed by atoms with Gasteiger partial charge >= 0.3 is 6.09 Å². The minimum absolute atomic E-state index is 0.0246. The van der Waals surface area contributed by atoms with Crippen molar-refractivity contribution in [1.82, 2.24) is 26.6 Å². The zero-order valence-corrected chi connectivity index (χ0v) is 31.7. The lowest BCUT2D eigenvalue weighted by Gasteiger charge is -2.36. The van der Waals surface area contributed by atoms with Crippen LogP contribution < -0.4 is 26.6 Å². The summed E-state index contributed by atoms with van der Waals surface area (Å²) < 4.78 is 5.39. The molecule has 4 rings (SSSR count). The Morgan fingerprint density at radius 3 is 1.70 bits per heavy atom. The minimum atomic E-state index is -1.47. The smallest absolute Gasteiger partial charge is 0.408 e. The SMILES string of the molecule is CC(C)[C@H](NC(=O)OCc1ccccc1)C(=O)N[C@@H](Cc1ccccc1)[C@@H](O)[C@@H](NC1CCC(O)CC1)C(=O)N[C@H](C(=O)NCc1ccccc1)C(C)C. The summed E-state index contributed by atoms with van der Waals surface area (Å²) in [4.78, 5) is 54.6. The highest BCUT2D eigenvalue weighted by Crippen LogP contribution is 2.21. The van der Waals surface area contributed by atoms with Gasteiger partial charge in [-0.05, 0) is 60.6 Å². The van der Waals surface area contributed by atoms with E-state index in [0.29, 0.717) is 25.7 Å². The molecule has 0 bridgehead atoms. The summed E-state index contributed by atoms with van der Waals surface area (Å²) >= 11 is 0. The predicted octanol–water partition coefficient (Wildman–Crippen LogP) is 3.74. The first-order valence-electron chi connectivity index (χ1n) is 19.0. The number of hydrogen-bond acceptors (Lipinski definition) is 8. The van der Waals surface area contributed by atoms with E-state index in [0.717, 1.165) is 16.7 Å². The number of ether oxygens (including phenoxy) is 1. The molecule has 0 aromatic heterocycles. The highest BCUT2D eigenvalue weighted by atomic mass is 16.5. The summed E-state index contributed by atoms with van der Waals surface area (Å²) in [7, 11) is 0. The molecule has 1 saturated carbocycles. The lowest BCUT2D eigenvalue weighted by Crippen LogP contribution is -2.64. The van der Waals surface area contributed by atoms with Crippen molar-refractivity contribution in [3.8, 4) is 0 Å². The van der Waals surface area contributed by atoms with Crippen LogP contribution in [0.25, 0.3) is 0 Å². The van der Waals surface area contributed by atoms with Crippen LogP contribution in [0.15, 0.2) is 91.0 Å². The van der Waals surface area contributed by atoms with E-state index in [-0.39, 0.29) is 43.4 Å². The number of aliphatic hydroxyl groups is 2. The average molecular weight is 744 g/mol. The monoisotopic (exact) mass is 743 g/mol. The molecule has 0 saturated heterocycles. The largest absolute Gasteiger partial charge is 0.445 e. The molecule has 4 amide bonds. The molecule has 0 spiro atoms. The number of nitrogens with one attached hydrogen (secondary N) is 5. The summed E-state index contributed by atoms with van der Waals surface area (Å²) in [5.74, 6) is -2.16. The van der Waals surface area contributed by atoms with Crippen LogP contribution in [0.5, 0.6) is 0 Å². The van der Waals surface area contributed by atoms with E-state index in [1.165, 1.54) is 0 Å². The maximum absolute atomic E-state index is 14.3.